The van der Waals surface area contributed by atoms with Gasteiger partial charge in [0, 0.05) is 19.5 Å². The Morgan fingerprint density at radius 1 is 1.05 bits per heavy atom. The van der Waals surface area contributed by atoms with Crippen LogP contribution in [0, 0.1) is 5.92 Å². The number of nitrogens with zero attached hydrogens (tertiary/aromatic N) is 1. The molecule has 3 rings (SSSR count). The predicted molar refractivity (Wildman–Crippen MR) is 84.2 cm³/mol. The highest BCUT2D eigenvalue weighted by molar-refractivity contribution is 5.15. The minimum Gasteiger partial charge on any atom is -0.353 e. The highest BCUT2D eigenvalue weighted by Crippen LogP contribution is 2.21. The smallest absolute Gasteiger partial charge is 0.158 e. The van der Waals surface area contributed by atoms with Gasteiger partial charge >= 0.3 is 0 Å². The third kappa shape index (κ3) is 4.80. The number of benzene rings is 1. The van der Waals surface area contributed by atoms with Crippen LogP contribution in [-0.2, 0) is 15.9 Å². The zero-order valence-electron chi connectivity index (χ0n) is 12.9. The molecule has 2 saturated heterocycles. The van der Waals surface area contributed by atoms with Gasteiger partial charge in [-0.15, -0.1) is 0 Å². The predicted octanol–water partition coefficient (Wildman–Crippen LogP) is 3.09. The van der Waals surface area contributed by atoms with Crippen molar-refractivity contribution in [3.05, 3.63) is 35.9 Å². The monoisotopic (exact) mass is 289 g/mol. The molecule has 1 aromatic rings. The van der Waals surface area contributed by atoms with Gasteiger partial charge in [0.15, 0.2) is 6.29 Å². The molecule has 0 N–H and O–H groups in total. The second kappa shape index (κ2) is 7.92. The molecule has 3 heteroatoms. The zero-order valence-corrected chi connectivity index (χ0v) is 12.9. The van der Waals surface area contributed by atoms with Crippen LogP contribution in [0.4, 0.5) is 0 Å². The van der Waals surface area contributed by atoms with Gasteiger partial charge < -0.3 is 14.4 Å². The molecule has 2 aliphatic heterocycles. The molecule has 1 atom stereocenters. The fourth-order valence-electron chi connectivity index (χ4n) is 3.46. The maximum Gasteiger partial charge on any atom is 0.158 e. The quantitative estimate of drug-likeness (QED) is 0.831. The van der Waals surface area contributed by atoms with Gasteiger partial charge in [0.1, 0.15) is 0 Å². The Kier molecular flexibility index (Phi) is 5.67. The van der Waals surface area contributed by atoms with Crippen molar-refractivity contribution < 1.29 is 9.47 Å². The van der Waals surface area contributed by atoms with Gasteiger partial charge in [-0.1, -0.05) is 30.3 Å². The normalized spacial score (nSPS) is 25.0. The van der Waals surface area contributed by atoms with Gasteiger partial charge in [-0.05, 0) is 43.7 Å². The molecule has 2 aliphatic rings. The first kappa shape index (κ1) is 15.0. The molecule has 1 unspecified atom stereocenters. The largest absolute Gasteiger partial charge is 0.353 e. The average Bonchev–Trinajstić information content (AvgIpc) is 2.55. The van der Waals surface area contributed by atoms with Crippen molar-refractivity contribution in [2.75, 3.05) is 32.8 Å². The van der Waals surface area contributed by atoms with Crippen molar-refractivity contribution in [3.63, 3.8) is 0 Å². The van der Waals surface area contributed by atoms with E-state index in [4.69, 9.17) is 9.47 Å². The Morgan fingerprint density at radius 2 is 1.86 bits per heavy atom. The van der Waals surface area contributed by atoms with E-state index in [1.54, 1.807) is 0 Å². The first-order chi connectivity index (χ1) is 10.4. The van der Waals surface area contributed by atoms with E-state index in [-0.39, 0.29) is 6.29 Å². The van der Waals surface area contributed by atoms with E-state index in [1.807, 2.05) is 0 Å². The van der Waals surface area contributed by atoms with Gasteiger partial charge in [0.25, 0.3) is 0 Å². The summed E-state index contributed by atoms with van der Waals surface area (Å²) in [5, 5.41) is 0. The molecule has 0 aliphatic carbocycles. The third-order valence-electron chi connectivity index (χ3n) is 4.55. The molecule has 116 valence electrons. The molecule has 0 saturated carbocycles. The first-order valence-electron chi connectivity index (χ1n) is 8.39. The number of likely N-dealkylation sites (tertiary alicyclic amines) is 1. The fraction of sp³-hybridized carbons (Fsp3) is 0.667. The van der Waals surface area contributed by atoms with Crippen LogP contribution in [0.15, 0.2) is 30.3 Å². The number of hydrogen-bond acceptors (Lipinski definition) is 3. The number of piperidine rings is 1. The average molecular weight is 289 g/mol. The highest BCUT2D eigenvalue weighted by atomic mass is 16.7. The molecule has 2 heterocycles. The van der Waals surface area contributed by atoms with Crippen LogP contribution in [0.1, 0.15) is 31.2 Å². The highest BCUT2D eigenvalue weighted by Gasteiger charge is 2.22. The van der Waals surface area contributed by atoms with Gasteiger partial charge in [-0.2, -0.15) is 0 Å². The SMILES string of the molecule is c1ccc(CC2CCCN(CCC3OCCCO3)C2)cc1. The lowest BCUT2D eigenvalue weighted by atomic mass is 9.91. The summed E-state index contributed by atoms with van der Waals surface area (Å²) in [6, 6.07) is 10.9. The summed E-state index contributed by atoms with van der Waals surface area (Å²) in [4.78, 5) is 2.60. The molecule has 0 amide bonds. The van der Waals surface area contributed by atoms with E-state index >= 15 is 0 Å². The molecule has 0 radical (unpaired) electrons. The summed E-state index contributed by atoms with van der Waals surface area (Å²) in [6.07, 6.45) is 5.99. The maximum absolute atomic E-state index is 5.64. The van der Waals surface area contributed by atoms with Crippen LogP contribution in [0.3, 0.4) is 0 Å². The van der Waals surface area contributed by atoms with E-state index in [9.17, 15) is 0 Å². The maximum atomic E-state index is 5.64. The molecule has 3 nitrogen and oxygen atoms in total. The van der Waals surface area contributed by atoms with E-state index in [0.29, 0.717) is 0 Å². The molecular formula is C18H27NO2. The van der Waals surface area contributed by atoms with Crippen LogP contribution in [0.25, 0.3) is 0 Å². The van der Waals surface area contributed by atoms with Crippen molar-refractivity contribution in [1.82, 2.24) is 4.90 Å². The Morgan fingerprint density at radius 3 is 2.67 bits per heavy atom. The molecule has 0 aromatic heterocycles. The molecule has 2 fully saturated rings. The second-order valence-electron chi connectivity index (χ2n) is 6.31. The topological polar surface area (TPSA) is 21.7 Å². The molecule has 21 heavy (non-hydrogen) atoms. The van der Waals surface area contributed by atoms with Crippen molar-refractivity contribution >= 4 is 0 Å². The molecule has 0 bridgehead atoms. The van der Waals surface area contributed by atoms with Gasteiger partial charge in [0.05, 0.1) is 13.2 Å². The first-order valence-corrected chi connectivity index (χ1v) is 8.39. The van der Waals surface area contributed by atoms with Gasteiger partial charge in [-0.3, -0.25) is 0 Å². The van der Waals surface area contributed by atoms with Crippen molar-refractivity contribution in [1.29, 1.82) is 0 Å². The summed E-state index contributed by atoms with van der Waals surface area (Å²) in [6.45, 7) is 5.29. The standard InChI is InChI=1S/C18H27NO2/c1-2-6-16(7-3-1)14-17-8-4-10-19(15-17)11-9-18-20-12-5-13-21-18/h1-3,6-7,17-18H,4-5,8-15H2. The van der Waals surface area contributed by atoms with Crippen LogP contribution < -0.4 is 0 Å². The minimum atomic E-state index is 0.0354. The van der Waals surface area contributed by atoms with Crippen molar-refractivity contribution in [3.8, 4) is 0 Å². The number of ether oxygens (including phenoxy) is 2. The van der Waals surface area contributed by atoms with Crippen LogP contribution in [0.5, 0.6) is 0 Å². The zero-order chi connectivity index (χ0) is 14.3. The summed E-state index contributed by atoms with van der Waals surface area (Å²) >= 11 is 0. The Bertz CT molecular complexity index is 403. The summed E-state index contributed by atoms with van der Waals surface area (Å²) in [5.41, 5.74) is 1.48. The van der Waals surface area contributed by atoms with Gasteiger partial charge in [0.2, 0.25) is 0 Å². The molecule has 1 aromatic carbocycles. The molecular weight excluding hydrogens is 262 g/mol. The van der Waals surface area contributed by atoms with Crippen molar-refractivity contribution in [2.45, 2.75) is 38.4 Å². The summed E-state index contributed by atoms with van der Waals surface area (Å²) in [5.74, 6) is 0.800. The Balaban J connectivity index is 1.42. The van der Waals surface area contributed by atoms with Crippen LogP contribution in [0.2, 0.25) is 0 Å². The van der Waals surface area contributed by atoms with Crippen LogP contribution >= 0.6 is 0 Å². The minimum absolute atomic E-state index is 0.0354. The van der Waals surface area contributed by atoms with Gasteiger partial charge in [-0.25, -0.2) is 0 Å². The fourth-order valence-corrected chi connectivity index (χ4v) is 3.46. The number of rotatable bonds is 5. The second-order valence-corrected chi connectivity index (χ2v) is 6.31. The summed E-state index contributed by atoms with van der Waals surface area (Å²) in [7, 11) is 0. The lowest BCUT2D eigenvalue weighted by Gasteiger charge is -2.34. The lowest BCUT2D eigenvalue weighted by molar-refractivity contribution is -0.183. The Hall–Kier alpha value is -0.900. The van der Waals surface area contributed by atoms with Crippen LogP contribution in [-0.4, -0.2) is 44.0 Å². The number of hydrogen-bond donors (Lipinski definition) is 0. The summed E-state index contributed by atoms with van der Waals surface area (Å²) < 4.78 is 11.3. The van der Waals surface area contributed by atoms with E-state index < -0.39 is 0 Å². The van der Waals surface area contributed by atoms with E-state index in [1.165, 1.54) is 37.9 Å². The lowest BCUT2D eigenvalue weighted by Crippen LogP contribution is -2.39. The van der Waals surface area contributed by atoms with E-state index in [0.717, 1.165) is 38.5 Å². The van der Waals surface area contributed by atoms with Crippen molar-refractivity contribution in [2.24, 2.45) is 5.92 Å². The third-order valence-corrected chi connectivity index (χ3v) is 4.55. The Labute approximate surface area is 128 Å². The molecule has 0 spiro atoms. The van der Waals surface area contributed by atoms with E-state index in [2.05, 4.69) is 35.2 Å².